The van der Waals surface area contributed by atoms with E-state index in [0.717, 1.165) is 11.8 Å². The summed E-state index contributed by atoms with van der Waals surface area (Å²) in [5.74, 6) is 0. The van der Waals surface area contributed by atoms with Crippen LogP contribution in [-0.2, 0) is 11.4 Å². The molecule has 0 saturated heterocycles. The number of aliphatic hydroxyl groups excluding tert-OH is 4. The van der Waals surface area contributed by atoms with Crippen LogP contribution in [0, 0.1) is 0 Å². The third kappa shape index (κ3) is 4.80. The lowest BCUT2D eigenvalue weighted by Crippen LogP contribution is -2.40. The Bertz CT molecular complexity index is 357. The highest BCUT2D eigenvalue weighted by atomic mass is 16.6. The Morgan fingerprint density at radius 3 is 2.44 bits per heavy atom. The van der Waals surface area contributed by atoms with E-state index in [-0.39, 0.29) is 6.61 Å². The quantitative estimate of drug-likeness (QED) is 0.380. The molecule has 0 saturated carbocycles. The highest BCUT2D eigenvalue weighted by Crippen LogP contribution is 2.01. The lowest BCUT2D eigenvalue weighted by molar-refractivity contribution is -0.0550. The molecule has 100 valence electrons. The van der Waals surface area contributed by atoms with Gasteiger partial charge >= 0.3 is 0 Å². The standard InChI is InChI=1S/C12H17NO5/c14-7-11(16)12(17)10(15)6-13-18-8-9-4-2-1-3-5-9/h1-6,10-12,14-17H,7-8H2/b13-6+/t10-,11-,12-/m0/s1. The summed E-state index contributed by atoms with van der Waals surface area (Å²) in [5, 5.41) is 39.8. The number of nitrogens with zero attached hydrogens (tertiary/aromatic N) is 1. The van der Waals surface area contributed by atoms with Crippen LogP contribution in [0.3, 0.4) is 0 Å². The number of aliphatic hydroxyl groups is 4. The molecule has 0 bridgehead atoms. The maximum Gasteiger partial charge on any atom is 0.142 e. The minimum Gasteiger partial charge on any atom is -0.394 e. The lowest BCUT2D eigenvalue weighted by Gasteiger charge is -2.17. The molecule has 6 nitrogen and oxygen atoms in total. The van der Waals surface area contributed by atoms with Crippen LogP contribution >= 0.6 is 0 Å². The molecule has 1 rings (SSSR count). The number of benzene rings is 1. The van der Waals surface area contributed by atoms with Gasteiger partial charge in [-0.05, 0) is 5.56 Å². The highest BCUT2D eigenvalue weighted by molar-refractivity contribution is 5.62. The van der Waals surface area contributed by atoms with Crippen LogP contribution in [0.5, 0.6) is 0 Å². The normalized spacial score (nSPS) is 16.4. The van der Waals surface area contributed by atoms with Crippen molar-refractivity contribution in [1.29, 1.82) is 0 Å². The van der Waals surface area contributed by atoms with Gasteiger partial charge < -0.3 is 25.3 Å². The summed E-state index contributed by atoms with van der Waals surface area (Å²) < 4.78 is 0. The van der Waals surface area contributed by atoms with Crippen LogP contribution in [0.2, 0.25) is 0 Å². The summed E-state index contributed by atoms with van der Waals surface area (Å²) in [5.41, 5.74) is 0.917. The van der Waals surface area contributed by atoms with Gasteiger partial charge in [0.25, 0.3) is 0 Å². The zero-order valence-electron chi connectivity index (χ0n) is 9.75. The van der Waals surface area contributed by atoms with E-state index in [0.29, 0.717) is 0 Å². The van der Waals surface area contributed by atoms with Crippen molar-refractivity contribution in [1.82, 2.24) is 0 Å². The first-order valence-electron chi connectivity index (χ1n) is 5.49. The van der Waals surface area contributed by atoms with Gasteiger partial charge in [-0.2, -0.15) is 0 Å². The van der Waals surface area contributed by atoms with E-state index in [2.05, 4.69) is 5.16 Å². The molecule has 4 N–H and O–H groups in total. The largest absolute Gasteiger partial charge is 0.394 e. The molecule has 6 heteroatoms. The topological polar surface area (TPSA) is 103 Å². The second-order valence-electron chi connectivity index (χ2n) is 3.74. The Balaban J connectivity index is 2.32. The Kier molecular flexibility index (Phi) is 6.31. The Hall–Kier alpha value is -1.47. The Labute approximate surface area is 105 Å². The molecule has 3 atom stereocenters. The summed E-state index contributed by atoms with van der Waals surface area (Å²) in [6.07, 6.45) is -3.35. The van der Waals surface area contributed by atoms with Crippen LogP contribution < -0.4 is 0 Å². The molecule has 18 heavy (non-hydrogen) atoms. The van der Waals surface area contributed by atoms with Gasteiger partial charge in [-0.25, -0.2) is 0 Å². The molecule has 0 aromatic heterocycles. The van der Waals surface area contributed by atoms with Crippen LogP contribution in [0.4, 0.5) is 0 Å². The number of oxime groups is 1. The monoisotopic (exact) mass is 255 g/mol. The number of hydrogen-bond acceptors (Lipinski definition) is 6. The van der Waals surface area contributed by atoms with Crippen molar-refractivity contribution >= 4 is 6.21 Å². The zero-order valence-corrected chi connectivity index (χ0v) is 9.75. The van der Waals surface area contributed by atoms with E-state index < -0.39 is 24.9 Å². The average molecular weight is 255 g/mol. The first-order chi connectivity index (χ1) is 8.65. The Morgan fingerprint density at radius 2 is 1.83 bits per heavy atom. The van der Waals surface area contributed by atoms with Crippen LogP contribution in [0.1, 0.15) is 5.56 Å². The fourth-order valence-corrected chi connectivity index (χ4v) is 1.22. The average Bonchev–Trinajstić information content (AvgIpc) is 2.42. The van der Waals surface area contributed by atoms with E-state index >= 15 is 0 Å². The van der Waals surface area contributed by atoms with Crippen molar-refractivity contribution in [2.24, 2.45) is 5.16 Å². The van der Waals surface area contributed by atoms with Gasteiger partial charge in [0.2, 0.25) is 0 Å². The first-order valence-corrected chi connectivity index (χ1v) is 5.49. The van der Waals surface area contributed by atoms with Crippen LogP contribution in [-0.4, -0.2) is 51.6 Å². The maximum absolute atomic E-state index is 9.37. The number of rotatable bonds is 7. The summed E-state index contributed by atoms with van der Waals surface area (Å²) in [7, 11) is 0. The maximum atomic E-state index is 9.37. The van der Waals surface area contributed by atoms with Gasteiger partial charge in [0.05, 0.1) is 12.8 Å². The van der Waals surface area contributed by atoms with E-state index in [1.165, 1.54) is 0 Å². The lowest BCUT2D eigenvalue weighted by atomic mass is 10.1. The van der Waals surface area contributed by atoms with Crippen molar-refractivity contribution in [3.63, 3.8) is 0 Å². The van der Waals surface area contributed by atoms with Crippen molar-refractivity contribution < 1.29 is 25.3 Å². The minimum atomic E-state index is -1.50. The van der Waals surface area contributed by atoms with Gasteiger partial charge in [-0.3, -0.25) is 0 Å². The second kappa shape index (κ2) is 7.78. The molecule has 0 amide bonds. The summed E-state index contributed by atoms with van der Waals surface area (Å²) in [6.45, 7) is -0.403. The molecule has 0 aliphatic rings. The van der Waals surface area contributed by atoms with Crippen LogP contribution in [0.15, 0.2) is 35.5 Å². The predicted molar refractivity (Wildman–Crippen MR) is 64.8 cm³/mol. The molecular weight excluding hydrogens is 238 g/mol. The SMILES string of the molecule is OC[C@H](O)[C@@H](O)[C@@H](O)/C=N/OCc1ccccc1. The predicted octanol–water partition coefficient (Wildman–Crippen LogP) is -0.736. The molecule has 0 unspecified atom stereocenters. The van der Waals surface area contributed by atoms with E-state index in [1.807, 2.05) is 30.3 Å². The molecule has 0 heterocycles. The van der Waals surface area contributed by atoms with Gasteiger partial charge in [-0.15, -0.1) is 0 Å². The molecule has 0 aliphatic heterocycles. The first kappa shape index (κ1) is 14.6. The third-order valence-corrected chi connectivity index (χ3v) is 2.29. The fraction of sp³-hybridized carbons (Fsp3) is 0.417. The smallest absolute Gasteiger partial charge is 0.142 e. The molecular formula is C12H17NO5. The molecule has 0 aliphatic carbocycles. The van der Waals surface area contributed by atoms with Gasteiger partial charge in [0.15, 0.2) is 0 Å². The van der Waals surface area contributed by atoms with Crippen molar-refractivity contribution in [2.75, 3.05) is 6.61 Å². The number of hydrogen-bond donors (Lipinski definition) is 4. The van der Waals surface area contributed by atoms with Crippen molar-refractivity contribution in [3.05, 3.63) is 35.9 Å². The van der Waals surface area contributed by atoms with Gasteiger partial charge in [0, 0.05) is 0 Å². The molecule has 0 spiro atoms. The molecule has 0 radical (unpaired) electrons. The van der Waals surface area contributed by atoms with E-state index in [4.69, 9.17) is 15.1 Å². The summed E-state index contributed by atoms with van der Waals surface area (Å²) in [6, 6.07) is 9.31. The van der Waals surface area contributed by atoms with E-state index in [1.54, 1.807) is 0 Å². The molecule has 1 aromatic rings. The molecule has 1 aromatic carbocycles. The zero-order chi connectivity index (χ0) is 13.4. The highest BCUT2D eigenvalue weighted by Gasteiger charge is 2.22. The van der Waals surface area contributed by atoms with Crippen LogP contribution in [0.25, 0.3) is 0 Å². The summed E-state index contributed by atoms with van der Waals surface area (Å²) in [4.78, 5) is 4.91. The van der Waals surface area contributed by atoms with Gasteiger partial charge in [0.1, 0.15) is 24.9 Å². The molecule has 0 fully saturated rings. The minimum absolute atomic E-state index is 0.239. The Morgan fingerprint density at radius 1 is 1.17 bits per heavy atom. The fourth-order valence-electron chi connectivity index (χ4n) is 1.22. The second-order valence-corrected chi connectivity index (χ2v) is 3.74. The van der Waals surface area contributed by atoms with Gasteiger partial charge in [-0.1, -0.05) is 35.5 Å². The van der Waals surface area contributed by atoms with Crippen molar-refractivity contribution in [2.45, 2.75) is 24.9 Å². The third-order valence-electron chi connectivity index (χ3n) is 2.29. The summed E-state index contributed by atoms with van der Waals surface area (Å²) >= 11 is 0. The van der Waals surface area contributed by atoms with E-state index in [9.17, 15) is 10.2 Å². The van der Waals surface area contributed by atoms with Crippen molar-refractivity contribution in [3.8, 4) is 0 Å².